The molecule has 0 aliphatic heterocycles. The molecule has 0 radical (unpaired) electrons. The van der Waals surface area contributed by atoms with Crippen LogP contribution in [-0.4, -0.2) is 24.1 Å². The Labute approximate surface area is 138 Å². The Morgan fingerprint density at radius 3 is 2.00 bits per heavy atom. The molecule has 1 N–H and O–H groups in total. The lowest BCUT2D eigenvalue weighted by Crippen LogP contribution is -2.40. The van der Waals surface area contributed by atoms with Crippen molar-refractivity contribution in [1.29, 1.82) is 0 Å². The van der Waals surface area contributed by atoms with Crippen LogP contribution in [-0.2, 0) is 0 Å². The summed E-state index contributed by atoms with van der Waals surface area (Å²) in [4.78, 5) is 0. The van der Waals surface area contributed by atoms with Crippen molar-refractivity contribution in [3.63, 3.8) is 0 Å². The van der Waals surface area contributed by atoms with Crippen molar-refractivity contribution in [2.24, 2.45) is 0 Å². The molecule has 0 saturated heterocycles. The van der Waals surface area contributed by atoms with E-state index in [0.29, 0.717) is 0 Å². The van der Waals surface area contributed by atoms with Crippen LogP contribution in [0.5, 0.6) is 0 Å². The van der Waals surface area contributed by atoms with Gasteiger partial charge < -0.3 is 5.32 Å². The lowest BCUT2D eigenvalue weighted by atomic mass is 9.94. The van der Waals surface area contributed by atoms with Crippen molar-refractivity contribution >= 4 is 11.8 Å². The first-order valence-corrected chi connectivity index (χ1v) is 10.9. The third kappa shape index (κ3) is 9.84. The summed E-state index contributed by atoms with van der Waals surface area (Å²) in [7, 11) is 0. The monoisotopic (exact) mass is 313 g/mol. The summed E-state index contributed by atoms with van der Waals surface area (Å²) >= 11 is 2.07. The van der Waals surface area contributed by atoms with E-state index in [2.05, 4.69) is 30.3 Å². The zero-order valence-corrected chi connectivity index (χ0v) is 15.5. The smallest absolute Gasteiger partial charge is 0.0198 e. The normalized spacial score (nSPS) is 22.6. The maximum absolute atomic E-state index is 3.83. The standard InChI is InChI=1S/C19H39NS/c1-3-4-5-6-7-8-9-10-11-14-17-20-18-15-12-13-16-19(18)21-2/h18-20H,3-17H2,1-2H3. The van der Waals surface area contributed by atoms with E-state index in [0.717, 1.165) is 11.3 Å². The van der Waals surface area contributed by atoms with Gasteiger partial charge in [-0.15, -0.1) is 0 Å². The number of nitrogens with one attached hydrogen (secondary N) is 1. The first kappa shape index (κ1) is 19.4. The number of hydrogen-bond acceptors (Lipinski definition) is 2. The van der Waals surface area contributed by atoms with Crippen molar-refractivity contribution < 1.29 is 0 Å². The Hall–Kier alpha value is 0.310. The minimum absolute atomic E-state index is 0.798. The molecule has 1 aliphatic rings. The summed E-state index contributed by atoms with van der Waals surface area (Å²) in [5.41, 5.74) is 0. The Balaban J connectivity index is 1.83. The molecule has 1 saturated carbocycles. The number of rotatable bonds is 13. The van der Waals surface area contributed by atoms with Crippen LogP contribution in [0.4, 0.5) is 0 Å². The van der Waals surface area contributed by atoms with Gasteiger partial charge in [0.1, 0.15) is 0 Å². The van der Waals surface area contributed by atoms with E-state index in [1.807, 2.05) is 0 Å². The average molecular weight is 314 g/mol. The average Bonchev–Trinajstić information content (AvgIpc) is 2.53. The van der Waals surface area contributed by atoms with E-state index in [1.165, 1.54) is 96.4 Å². The van der Waals surface area contributed by atoms with Crippen molar-refractivity contribution in [2.45, 2.75) is 108 Å². The lowest BCUT2D eigenvalue weighted by molar-refractivity contribution is 0.380. The summed E-state index contributed by atoms with van der Waals surface area (Å²) < 4.78 is 0. The molecule has 1 rings (SSSR count). The van der Waals surface area contributed by atoms with Crippen LogP contribution in [0.3, 0.4) is 0 Å². The van der Waals surface area contributed by atoms with E-state index in [9.17, 15) is 0 Å². The molecule has 0 spiro atoms. The zero-order valence-electron chi connectivity index (χ0n) is 14.7. The minimum Gasteiger partial charge on any atom is -0.313 e. The predicted octanol–water partition coefficient (Wildman–Crippen LogP) is 6.17. The molecule has 2 atom stereocenters. The zero-order chi connectivity index (χ0) is 15.2. The van der Waals surface area contributed by atoms with Crippen molar-refractivity contribution in [3.05, 3.63) is 0 Å². The van der Waals surface area contributed by atoms with Gasteiger partial charge in [-0.05, 0) is 32.1 Å². The molecule has 0 aromatic rings. The van der Waals surface area contributed by atoms with Gasteiger partial charge >= 0.3 is 0 Å². The van der Waals surface area contributed by atoms with Crippen molar-refractivity contribution in [1.82, 2.24) is 5.32 Å². The topological polar surface area (TPSA) is 12.0 Å². The highest BCUT2D eigenvalue weighted by molar-refractivity contribution is 7.99. The van der Waals surface area contributed by atoms with Crippen LogP contribution in [0.1, 0.15) is 96.8 Å². The molecule has 1 aliphatic carbocycles. The minimum atomic E-state index is 0.798. The van der Waals surface area contributed by atoms with Gasteiger partial charge in [0.2, 0.25) is 0 Å². The summed E-state index contributed by atoms with van der Waals surface area (Å²) in [6, 6.07) is 0.798. The maximum atomic E-state index is 3.83. The fourth-order valence-electron chi connectivity index (χ4n) is 3.51. The van der Waals surface area contributed by atoms with Gasteiger partial charge in [-0.1, -0.05) is 77.6 Å². The van der Waals surface area contributed by atoms with Crippen LogP contribution in [0.25, 0.3) is 0 Å². The largest absolute Gasteiger partial charge is 0.313 e. The maximum Gasteiger partial charge on any atom is 0.0198 e. The van der Waals surface area contributed by atoms with Gasteiger partial charge in [-0.25, -0.2) is 0 Å². The summed E-state index contributed by atoms with van der Waals surface area (Å²) in [6.07, 6.45) is 22.4. The molecule has 0 bridgehead atoms. The molecule has 0 aromatic carbocycles. The van der Waals surface area contributed by atoms with E-state index in [1.54, 1.807) is 0 Å². The fraction of sp³-hybridized carbons (Fsp3) is 1.00. The first-order chi connectivity index (χ1) is 10.4. The molecule has 2 heteroatoms. The van der Waals surface area contributed by atoms with E-state index in [-0.39, 0.29) is 0 Å². The summed E-state index contributed by atoms with van der Waals surface area (Å²) in [6.45, 7) is 3.54. The van der Waals surface area contributed by atoms with Crippen LogP contribution in [0, 0.1) is 0 Å². The van der Waals surface area contributed by atoms with Crippen LogP contribution in [0.2, 0.25) is 0 Å². The third-order valence-electron chi connectivity index (χ3n) is 4.94. The van der Waals surface area contributed by atoms with Crippen LogP contribution >= 0.6 is 11.8 Å². The second-order valence-electron chi connectivity index (χ2n) is 6.80. The van der Waals surface area contributed by atoms with Gasteiger partial charge in [-0.2, -0.15) is 11.8 Å². The number of hydrogen-bond donors (Lipinski definition) is 1. The third-order valence-corrected chi connectivity index (χ3v) is 6.11. The van der Waals surface area contributed by atoms with Gasteiger partial charge in [-0.3, -0.25) is 0 Å². The Bertz CT molecular complexity index is 220. The highest BCUT2D eigenvalue weighted by Gasteiger charge is 2.23. The van der Waals surface area contributed by atoms with Crippen LogP contribution < -0.4 is 5.32 Å². The summed E-state index contributed by atoms with van der Waals surface area (Å²) in [5, 5.41) is 4.70. The highest BCUT2D eigenvalue weighted by Crippen LogP contribution is 2.27. The Morgan fingerprint density at radius 1 is 0.810 bits per heavy atom. The molecule has 21 heavy (non-hydrogen) atoms. The molecule has 0 heterocycles. The lowest BCUT2D eigenvalue weighted by Gasteiger charge is -2.31. The molecular formula is C19H39NS. The molecule has 0 amide bonds. The van der Waals surface area contributed by atoms with Crippen molar-refractivity contribution in [2.75, 3.05) is 12.8 Å². The van der Waals surface area contributed by atoms with Gasteiger partial charge in [0.15, 0.2) is 0 Å². The molecule has 2 unspecified atom stereocenters. The second-order valence-corrected chi connectivity index (χ2v) is 7.88. The molecule has 126 valence electrons. The van der Waals surface area contributed by atoms with E-state index >= 15 is 0 Å². The van der Waals surface area contributed by atoms with Gasteiger partial charge in [0.05, 0.1) is 0 Å². The second kappa shape index (κ2) is 13.9. The molecule has 1 nitrogen and oxygen atoms in total. The number of thioether (sulfide) groups is 1. The van der Waals surface area contributed by atoms with Crippen molar-refractivity contribution in [3.8, 4) is 0 Å². The number of unbranched alkanes of at least 4 members (excludes halogenated alkanes) is 9. The van der Waals surface area contributed by atoms with Gasteiger partial charge in [0, 0.05) is 11.3 Å². The highest BCUT2D eigenvalue weighted by atomic mass is 32.2. The van der Waals surface area contributed by atoms with Gasteiger partial charge in [0.25, 0.3) is 0 Å². The predicted molar refractivity (Wildman–Crippen MR) is 99.4 cm³/mol. The van der Waals surface area contributed by atoms with E-state index < -0.39 is 0 Å². The van der Waals surface area contributed by atoms with E-state index in [4.69, 9.17) is 0 Å². The quantitative estimate of drug-likeness (QED) is 0.408. The van der Waals surface area contributed by atoms with Crippen LogP contribution in [0.15, 0.2) is 0 Å². The summed E-state index contributed by atoms with van der Waals surface area (Å²) in [5.74, 6) is 0. The SMILES string of the molecule is CCCCCCCCCCCCNC1CCCCC1SC. The molecule has 0 aromatic heterocycles. The Kier molecular flexibility index (Phi) is 12.8. The fourth-order valence-corrected chi connectivity index (χ4v) is 4.48. The first-order valence-electron chi connectivity index (χ1n) is 9.64. The molecular weight excluding hydrogens is 274 g/mol. The Morgan fingerprint density at radius 2 is 1.38 bits per heavy atom. The molecule has 1 fully saturated rings.